The first-order valence-electron chi connectivity index (χ1n) is 11.1. The fraction of sp³-hybridized carbons (Fsp3) is 0.222. The third kappa shape index (κ3) is 5.52. The van der Waals surface area contributed by atoms with Gasteiger partial charge >= 0.3 is 5.97 Å². The first-order valence-corrected chi connectivity index (χ1v) is 12.5. The Morgan fingerprint density at radius 1 is 1.09 bits per heavy atom. The third-order valence-electron chi connectivity index (χ3n) is 5.87. The molecule has 0 bridgehead atoms. The Morgan fingerprint density at radius 2 is 1.74 bits per heavy atom. The molecule has 2 aromatic carbocycles. The molecule has 0 unspecified atom stereocenters. The number of nitrogens with one attached hydrogen (secondary N) is 1. The maximum atomic E-state index is 13.1. The van der Waals surface area contributed by atoms with Crippen LogP contribution in [0.5, 0.6) is 0 Å². The van der Waals surface area contributed by atoms with Crippen LogP contribution in [0.15, 0.2) is 66.7 Å². The number of halogens is 1. The Bertz CT molecular complexity index is 1300. The summed E-state index contributed by atoms with van der Waals surface area (Å²) >= 11 is 7.07. The number of allylic oxidation sites excluding steroid dienone is 1. The Kier molecular flexibility index (Phi) is 7.48. The van der Waals surface area contributed by atoms with Crippen LogP contribution in [0.3, 0.4) is 0 Å². The van der Waals surface area contributed by atoms with Crippen molar-refractivity contribution in [1.82, 2.24) is 9.88 Å². The van der Waals surface area contributed by atoms with E-state index in [4.69, 9.17) is 11.6 Å². The van der Waals surface area contributed by atoms with Crippen molar-refractivity contribution < 1.29 is 19.5 Å². The summed E-state index contributed by atoms with van der Waals surface area (Å²) in [5.74, 6) is -1.67. The summed E-state index contributed by atoms with van der Waals surface area (Å²) in [6.45, 7) is 6.06. The summed E-state index contributed by atoms with van der Waals surface area (Å²) in [6, 6.07) is 16.5. The van der Waals surface area contributed by atoms with E-state index in [9.17, 15) is 19.5 Å². The number of aliphatic carboxylic acids is 1. The van der Waals surface area contributed by atoms with Gasteiger partial charge in [-0.05, 0) is 23.3 Å². The van der Waals surface area contributed by atoms with Gasteiger partial charge in [-0.2, -0.15) is 0 Å². The molecule has 3 aromatic rings. The van der Waals surface area contributed by atoms with Crippen LogP contribution in [0.25, 0.3) is 22.3 Å². The lowest BCUT2D eigenvalue weighted by molar-refractivity contribution is -0.140. The topological polar surface area (TPSA) is 88.4 Å². The third-order valence-corrected chi connectivity index (χ3v) is 7.09. The maximum Gasteiger partial charge on any atom is 0.327 e. The van der Waals surface area contributed by atoms with Gasteiger partial charge in [0.2, 0.25) is 5.91 Å². The molecule has 0 spiro atoms. The summed E-state index contributed by atoms with van der Waals surface area (Å²) in [7, 11) is 0. The molecule has 8 heteroatoms. The van der Waals surface area contributed by atoms with Crippen LogP contribution in [-0.2, 0) is 33.8 Å². The number of aromatic nitrogens is 1. The highest BCUT2D eigenvalue weighted by molar-refractivity contribution is 8.13. The molecule has 180 valence electrons. The molecule has 6 nitrogen and oxygen atoms in total. The van der Waals surface area contributed by atoms with Gasteiger partial charge in [0.1, 0.15) is 6.04 Å². The number of thioether (sulfide) groups is 1. The summed E-state index contributed by atoms with van der Waals surface area (Å²) in [4.78, 5) is 35.9. The molecule has 0 fully saturated rings. The van der Waals surface area contributed by atoms with Crippen LogP contribution >= 0.6 is 23.4 Å². The summed E-state index contributed by atoms with van der Waals surface area (Å²) in [6.07, 6.45) is 0.831. The molecule has 1 amide bonds. The number of hydrogen-bond acceptors (Lipinski definition) is 4. The number of carboxylic acid groups (broad SMARTS) is 1. The summed E-state index contributed by atoms with van der Waals surface area (Å²) < 4.78 is 2.16. The minimum Gasteiger partial charge on any atom is -0.480 e. The standard InChI is InChI=1S/C27H25ClN2O4S/c1-16-12-22-25(18-6-4-3-5-7-18)26(19-8-10-20(28)11-9-19)23(30(22)14-16)13-24(32)35-15-21(27(33)34)29-17(2)31/h3-11,21H,1,12-15H2,2H3,(H,29,31)(H,33,34)/t21-/m0/s1. The van der Waals surface area contributed by atoms with Crippen molar-refractivity contribution in [2.75, 3.05) is 5.75 Å². The van der Waals surface area contributed by atoms with Crippen LogP contribution in [0.1, 0.15) is 18.3 Å². The van der Waals surface area contributed by atoms with Crippen LogP contribution in [0, 0.1) is 0 Å². The lowest BCUT2D eigenvalue weighted by atomic mass is 9.93. The van der Waals surface area contributed by atoms with Gasteiger partial charge < -0.3 is 15.0 Å². The normalized spacial score (nSPS) is 13.4. The summed E-state index contributed by atoms with van der Waals surface area (Å²) in [5, 5.41) is 12.2. The van der Waals surface area contributed by atoms with E-state index in [0.717, 1.165) is 57.4 Å². The largest absolute Gasteiger partial charge is 0.480 e. The van der Waals surface area contributed by atoms with Crippen molar-refractivity contribution in [3.8, 4) is 22.3 Å². The van der Waals surface area contributed by atoms with Crippen molar-refractivity contribution in [2.45, 2.75) is 32.4 Å². The number of carbonyl (C=O) groups excluding carboxylic acids is 2. The van der Waals surface area contributed by atoms with Crippen molar-refractivity contribution in [2.24, 2.45) is 0 Å². The van der Waals surface area contributed by atoms with E-state index in [1.165, 1.54) is 6.92 Å². The molecule has 2 N–H and O–H groups in total. The summed E-state index contributed by atoms with van der Waals surface area (Å²) in [5.41, 5.74) is 7.10. The molecule has 1 aliphatic rings. The van der Waals surface area contributed by atoms with Gasteiger partial charge in [0.25, 0.3) is 0 Å². The number of rotatable bonds is 8. The SMILES string of the molecule is C=C1Cc2c(-c3ccccc3)c(-c3ccc(Cl)cc3)c(CC(=O)SC[C@H](NC(C)=O)C(=O)O)n2C1. The van der Waals surface area contributed by atoms with E-state index in [1.807, 2.05) is 42.5 Å². The van der Waals surface area contributed by atoms with E-state index >= 15 is 0 Å². The monoisotopic (exact) mass is 508 g/mol. The van der Waals surface area contributed by atoms with Gasteiger partial charge in [-0.3, -0.25) is 9.59 Å². The average Bonchev–Trinajstić information content (AvgIpc) is 3.32. The molecule has 2 heterocycles. The molecule has 0 saturated heterocycles. The molecule has 1 atom stereocenters. The quantitative estimate of drug-likeness (QED) is 0.419. The van der Waals surface area contributed by atoms with E-state index in [2.05, 4.69) is 28.6 Å². The number of nitrogens with zero attached hydrogens (tertiary/aromatic N) is 1. The maximum absolute atomic E-state index is 13.1. The number of benzene rings is 2. The van der Waals surface area contributed by atoms with E-state index in [-0.39, 0.29) is 17.3 Å². The number of amides is 1. The Labute approximate surface area is 213 Å². The molecular formula is C27H25ClN2O4S. The first-order chi connectivity index (χ1) is 16.7. The zero-order chi connectivity index (χ0) is 25.1. The molecule has 35 heavy (non-hydrogen) atoms. The predicted molar refractivity (Wildman–Crippen MR) is 140 cm³/mol. The second kappa shape index (κ2) is 10.5. The predicted octanol–water partition coefficient (Wildman–Crippen LogP) is 4.98. The second-order valence-corrected chi connectivity index (χ2v) is 9.99. The van der Waals surface area contributed by atoms with Crippen molar-refractivity contribution in [3.05, 3.63) is 83.2 Å². The van der Waals surface area contributed by atoms with Crippen molar-refractivity contribution in [3.63, 3.8) is 0 Å². The minimum atomic E-state index is -1.17. The van der Waals surface area contributed by atoms with Gasteiger partial charge in [0.05, 0.1) is 6.42 Å². The number of fused-ring (bicyclic) bond motifs is 1. The molecule has 4 rings (SSSR count). The average molecular weight is 509 g/mol. The lowest BCUT2D eigenvalue weighted by Crippen LogP contribution is -2.41. The zero-order valence-corrected chi connectivity index (χ0v) is 20.8. The zero-order valence-electron chi connectivity index (χ0n) is 19.2. The van der Waals surface area contributed by atoms with Crippen LogP contribution in [0.2, 0.25) is 5.02 Å². The van der Waals surface area contributed by atoms with Crippen molar-refractivity contribution >= 4 is 40.4 Å². The molecule has 1 aromatic heterocycles. The highest BCUT2D eigenvalue weighted by Gasteiger charge is 2.30. The Hall–Kier alpha value is -3.29. The highest BCUT2D eigenvalue weighted by atomic mass is 35.5. The second-order valence-electron chi connectivity index (χ2n) is 8.48. The van der Waals surface area contributed by atoms with Gasteiger partial charge in [-0.25, -0.2) is 4.79 Å². The number of carbonyl (C=O) groups is 3. The smallest absolute Gasteiger partial charge is 0.327 e. The number of carboxylic acids is 1. The van der Waals surface area contributed by atoms with Gasteiger partial charge in [-0.15, -0.1) is 0 Å². The van der Waals surface area contributed by atoms with E-state index < -0.39 is 17.9 Å². The van der Waals surface area contributed by atoms with Crippen molar-refractivity contribution in [1.29, 1.82) is 0 Å². The van der Waals surface area contributed by atoms with E-state index in [1.54, 1.807) is 0 Å². The Balaban J connectivity index is 1.74. The Morgan fingerprint density at radius 3 is 2.37 bits per heavy atom. The van der Waals surface area contributed by atoms with Gasteiger partial charge in [0, 0.05) is 53.2 Å². The van der Waals surface area contributed by atoms with Crippen LogP contribution < -0.4 is 5.32 Å². The lowest BCUT2D eigenvalue weighted by Gasteiger charge is -2.14. The molecule has 0 aliphatic carbocycles. The van der Waals surface area contributed by atoms with Crippen LogP contribution in [0.4, 0.5) is 0 Å². The van der Waals surface area contributed by atoms with Crippen LogP contribution in [-0.4, -0.2) is 38.5 Å². The highest BCUT2D eigenvalue weighted by Crippen LogP contribution is 2.44. The van der Waals surface area contributed by atoms with Gasteiger partial charge in [0.15, 0.2) is 5.12 Å². The fourth-order valence-corrected chi connectivity index (χ4v) is 5.37. The molecule has 0 radical (unpaired) electrons. The first kappa shape index (κ1) is 24.8. The molecule has 1 aliphatic heterocycles. The molecular weight excluding hydrogens is 484 g/mol. The fourth-order valence-electron chi connectivity index (χ4n) is 4.42. The molecule has 0 saturated carbocycles. The minimum absolute atomic E-state index is 0.0458. The van der Waals surface area contributed by atoms with E-state index in [0.29, 0.717) is 11.6 Å². The van der Waals surface area contributed by atoms with Gasteiger partial charge in [-0.1, -0.05) is 78.0 Å². The number of hydrogen-bond donors (Lipinski definition) is 2.